The topological polar surface area (TPSA) is 63.2 Å². The number of nitrogens with zero attached hydrogens (tertiary/aromatic N) is 3. The van der Waals surface area contributed by atoms with Crippen LogP contribution in [0.5, 0.6) is 0 Å². The minimum atomic E-state index is -2.93. The van der Waals surface area contributed by atoms with Gasteiger partial charge in [-0.25, -0.2) is 18.4 Å². The van der Waals surface area contributed by atoms with Gasteiger partial charge in [0.2, 0.25) is 0 Å². The second-order valence-electron chi connectivity index (χ2n) is 4.89. The zero-order valence-corrected chi connectivity index (χ0v) is 12.9. The van der Waals surface area contributed by atoms with E-state index in [-0.39, 0.29) is 17.5 Å². The van der Waals surface area contributed by atoms with E-state index in [0.29, 0.717) is 23.9 Å². The fourth-order valence-electron chi connectivity index (χ4n) is 2.27. The van der Waals surface area contributed by atoms with Gasteiger partial charge in [0.25, 0.3) is 0 Å². The third kappa shape index (κ3) is 3.00. The molecule has 1 aromatic heterocycles. The van der Waals surface area contributed by atoms with Crippen LogP contribution in [-0.2, 0) is 16.3 Å². The highest BCUT2D eigenvalue weighted by Gasteiger charge is 2.30. The number of sulfone groups is 1. The number of aromatic nitrogens is 2. The van der Waals surface area contributed by atoms with Crippen LogP contribution in [-0.4, -0.2) is 42.5 Å². The Morgan fingerprint density at radius 2 is 2.11 bits per heavy atom. The van der Waals surface area contributed by atoms with Crippen LogP contribution in [0.2, 0.25) is 5.15 Å². The van der Waals surface area contributed by atoms with Crippen LogP contribution < -0.4 is 4.90 Å². The van der Waals surface area contributed by atoms with Gasteiger partial charge in [0, 0.05) is 24.6 Å². The highest BCUT2D eigenvalue weighted by molar-refractivity contribution is 7.91. The van der Waals surface area contributed by atoms with Gasteiger partial charge in [-0.1, -0.05) is 18.5 Å². The van der Waals surface area contributed by atoms with Gasteiger partial charge in [-0.3, -0.25) is 0 Å². The van der Waals surface area contributed by atoms with Gasteiger partial charge in [-0.05, 0) is 13.8 Å². The first-order valence-electron chi connectivity index (χ1n) is 6.34. The first-order valence-corrected chi connectivity index (χ1v) is 8.54. The number of aryl methyl sites for hydroxylation is 1. The molecule has 1 atom stereocenters. The fourth-order valence-corrected chi connectivity index (χ4v) is 4.01. The van der Waals surface area contributed by atoms with Crippen LogP contribution in [0.4, 0.5) is 5.82 Å². The molecule has 0 bridgehead atoms. The molecule has 1 unspecified atom stereocenters. The van der Waals surface area contributed by atoms with E-state index >= 15 is 0 Å². The van der Waals surface area contributed by atoms with Crippen molar-refractivity contribution >= 4 is 27.3 Å². The molecule has 0 aliphatic carbocycles. The standard InChI is InChI=1S/C12H18ClN3O2S/c1-4-10-14-11(13)9(3)12(15-10)16-5-6-19(17,18)7-8(16)2/h8H,4-7H2,1-3H3. The molecule has 19 heavy (non-hydrogen) atoms. The molecule has 2 rings (SSSR count). The highest BCUT2D eigenvalue weighted by atomic mass is 35.5. The molecule has 1 saturated heterocycles. The third-order valence-electron chi connectivity index (χ3n) is 3.37. The van der Waals surface area contributed by atoms with Gasteiger partial charge < -0.3 is 4.90 Å². The van der Waals surface area contributed by atoms with Crippen molar-refractivity contribution in [2.24, 2.45) is 0 Å². The summed E-state index contributed by atoms with van der Waals surface area (Å²) in [5.74, 6) is 1.78. The van der Waals surface area contributed by atoms with Crippen molar-refractivity contribution in [1.29, 1.82) is 0 Å². The molecule has 0 radical (unpaired) electrons. The van der Waals surface area contributed by atoms with Crippen LogP contribution >= 0.6 is 11.6 Å². The molecule has 5 nitrogen and oxygen atoms in total. The Morgan fingerprint density at radius 1 is 1.42 bits per heavy atom. The summed E-state index contributed by atoms with van der Waals surface area (Å²) in [5, 5.41) is 0.447. The van der Waals surface area contributed by atoms with Crippen LogP contribution in [0.3, 0.4) is 0 Å². The first-order chi connectivity index (χ1) is 8.84. The fraction of sp³-hybridized carbons (Fsp3) is 0.667. The maximum absolute atomic E-state index is 11.6. The van der Waals surface area contributed by atoms with Crippen molar-refractivity contribution < 1.29 is 8.42 Å². The number of anilines is 1. The van der Waals surface area contributed by atoms with E-state index < -0.39 is 9.84 Å². The van der Waals surface area contributed by atoms with Gasteiger partial charge >= 0.3 is 0 Å². The van der Waals surface area contributed by atoms with Gasteiger partial charge in [0.1, 0.15) is 16.8 Å². The molecule has 0 saturated carbocycles. The van der Waals surface area contributed by atoms with Gasteiger partial charge in [-0.2, -0.15) is 0 Å². The quantitative estimate of drug-likeness (QED) is 0.777. The van der Waals surface area contributed by atoms with E-state index in [0.717, 1.165) is 11.4 Å². The summed E-state index contributed by atoms with van der Waals surface area (Å²) in [7, 11) is -2.93. The van der Waals surface area contributed by atoms with Crippen molar-refractivity contribution in [2.75, 3.05) is 23.0 Å². The van der Waals surface area contributed by atoms with Crippen LogP contribution in [0.1, 0.15) is 25.2 Å². The number of hydrogen-bond donors (Lipinski definition) is 0. The predicted molar refractivity (Wildman–Crippen MR) is 76.6 cm³/mol. The van der Waals surface area contributed by atoms with Crippen molar-refractivity contribution in [3.63, 3.8) is 0 Å². The lowest BCUT2D eigenvalue weighted by Crippen LogP contribution is -2.47. The average Bonchev–Trinajstić information content (AvgIpc) is 2.32. The summed E-state index contributed by atoms with van der Waals surface area (Å²) in [6, 6.07) is -0.0897. The Labute approximate surface area is 118 Å². The third-order valence-corrected chi connectivity index (χ3v) is 5.53. The molecule has 2 heterocycles. The summed E-state index contributed by atoms with van der Waals surface area (Å²) >= 11 is 6.12. The molecule has 106 valence electrons. The maximum Gasteiger partial charge on any atom is 0.154 e. The Hall–Kier alpha value is -0.880. The minimum Gasteiger partial charge on any atom is -0.351 e. The molecule has 0 N–H and O–H groups in total. The van der Waals surface area contributed by atoms with Crippen LogP contribution in [0, 0.1) is 6.92 Å². The van der Waals surface area contributed by atoms with E-state index in [2.05, 4.69) is 9.97 Å². The molecule has 0 amide bonds. The Kier molecular flexibility index (Phi) is 4.01. The summed E-state index contributed by atoms with van der Waals surface area (Å²) < 4.78 is 23.3. The second-order valence-corrected chi connectivity index (χ2v) is 7.48. The lowest BCUT2D eigenvalue weighted by atomic mass is 10.2. The number of hydrogen-bond acceptors (Lipinski definition) is 5. The zero-order valence-electron chi connectivity index (χ0n) is 11.4. The van der Waals surface area contributed by atoms with Crippen LogP contribution in [0.15, 0.2) is 0 Å². The predicted octanol–water partition coefficient (Wildman–Crippen LogP) is 1.62. The summed E-state index contributed by atoms with van der Waals surface area (Å²) in [6.07, 6.45) is 0.702. The first kappa shape index (κ1) is 14.5. The Morgan fingerprint density at radius 3 is 2.68 bits per heavy atom. The summed E-state index contributed by atoms with van der Waals surface area (Å²) in [6.45, 7) is 6.19. The smallest absolute Gasteiger partial charge is 0.154 e. The maximum atomic E-state index is 11.6. The normalized spacial score (nSPS) is 22.5. The van der Waals surface area contributed by atoms with Gasteiger partial charge in [0.05, 0.1) is 11.5 Å². The molecule has 0 spiro atoms. The molecule has 1 aliphatic heterocycles. The molecule has 1 aliphatic rings. The summed E-state index contributed by atoms with van der Waals surface area (Å²) in [5.41, 5.74) is 0.810. The van der Waals surface area contributed by atoms with Crippen molar-refractivity contribution in [1.82, 2.24) is 9.97 Å². The molecule has 1 fully saturated rings. The summed E-state index contributed by atoms with van der Waals surface area (Å²) in [4.78, 5) is 10.7. The molecular formula is C12H18ClN3O2S. The van der Waals surface area contributed by atoms with Crippen LogP contribution in [0.25, 0.3) is 0 Å². The molecule has 0 aromatic carbocycles. The SMILES string of the molecule is CCc1nc(Cl)c(C)c(N2CCS(=O)(=O)CC2C)n1. The zero-order chi connectivity index (χ0) is 14.2. The van der Waals surface area contributed by atoms with E-state index in [1.54, 1.807) is 0 Å². The van der Waals surface area contributed by atoms with E-state index in [1.807, 2.05) is 25.7 Å². The Bertz CT molecular complexity index is 589. The minimum absolute atomic E-state index is 0.0897. The van der Waals surface area contributed by atoms with E-state index in [9.17, 15) is 8.42 Å². The van der Waals surface area contributed by atoms with E-state index in [4.69, 9.17) is 11.6 Å². The Balaban J connectivity index is 2.39. The van der Waals surface area contributed by atoms with Gasteiger partial charge in [-0.15, -0.1) is 0 Å². The van der Waals surface area contributed by atoms with Crippen molar-refractivity contribution in [3.05, 3.63) is 16.5 Å². The lowest BCUT2D eigenvalue weighted by Gasteiger charge is -2.35. The molecule has 1 aromatic rings. The highest BCUT2D eigenvalue weighted by Crippen LogP contribution is 2.27. The van der Waals surface area contributed by atoms with E-state index in [1.165, 1.54) is 0 Å². The number of halogens is 1. The number of rotatable bonds is 2. The average molecular weight is 304 g/mol. The van der Waals surface area contributed by atoms with Gasteiger partial charge in [0.15, 0.2) is 9.84 Å². The second kappa shape index (κ2) is 5.25. The molecular weight excluding hydrogens is 286 g/mol. The van der Waals surface area contributed by atoms with Crippen molar-refractivity contribution in [2.45, 2.75) is 33.2 Å². The van der Waals surface area contributed by atoms with Crippen molar-refractivity contribution in [3.8, 4) is 0 Å². The largest absolute Gasteiger partial charge is 0.351 e. The molecule has 7 heteroatoms. The monoisotopic (exact) mass is 303 g/mol. The lowest BCUT2D eigenvalue weighted by molar-refractivity contribution is 0.566.